The van der Waals surface area contributed by atoms with Gasteiger partial charge in [0.15, 0.2) is 17.3 Å². The number of rotatable bonds is 5. The summed E-state index contributed by atoms with van der Waals surface area (Å²) in [5.74, 6) is 1.76. The number of fused-ring (bicyclic) bond motifs is 1. The van der Waals surface area contributed by atoms with Crippen molar-refractivity contribution in [3.8, 4) is 0 Å². The van der Waals surface area contributed by atoms with Crippen LogP contribution < -0.4 is 10.2 Å². The zero-order chi connectivity index (χ0) is 20.4. The van der Waals surface area contributed by atoms with Crippen LogP contribution in [0.4, 0.5) is 17.3 Å². The second kappa shape index (κ2) is 11.0. The lowest BCUT2D eigenvalue weighted by Crippen LogP contribution is -2.22. The van der Waals surface area contributed by atoms with E-state index in [1.54, 1.807) is 0 Å². The average Bonchev–Trinajstić information content (AvgIpc) is 3.23. The van der Waals surface area contributed by atoms with E-state index in [4.69, 9.17) is 6.57 Å². The molecule has 2 N–H and O–H groups in total. The number of nitrogens with one attached hydrogen (secondary N) is 1. The van der Waals surface area contributed by atoms with E-state index in [0.29, 0.717) is 18.1 Å². The first-order chi connectivity index (χ1) is 14.1. The van der Waals surface area contributed by atoms with Gasteiger partial charge in [-0.05, 0) is 36.6 Å². The Balaban J connectivity index is 0.00000171. The van der Waals surface area contributed by atoms with Crippen LogP contribution in [-0.2, 0) is 6.54 Å². The van der Waals surface area contributed by atoms with Crippen LogP contribution in [0.5, 0.6) is 0 Å². The predicted octanol–water partition coefficient (Wildman–Crippen LogP) is 5.22. The molecule has 1 aliphatic rings. The lowest BCUT2D eigenvalue weighted by Gasteiger charge is -2.20. The average molecular weight is 523 g/mol. The smallest absolute Gasteiger partial charge is 0.188 e. The van der Waals surface area contributed by atoms with Gasteiger partial charge in [-0.25, -0.2) is 4.85 Å². The van der Waals surface area contributed by atoms with Crippen LogP contribution in [0.15, 0.2) is 40.9 Å². The molecule has 164 valence electrons. The number of aromatic nitrogens is 2. The zero-order valence-electron chi connectivity index (χ0n) is 17.1. The highest BCUT2D eigenvalue weighted by atomic mass is 79.9. The summed E-state index contributed by atoms with van der Waals surface area (Å²) in [4.78, 5) is 5.75. The summed E-state index contributed by atoms with van der Waals surface area (Å²) in [5.41, 5.74) is 2.90. The lowest BCUT2D eigenvalue weighted by atomic mass is 10.1. The Labute approximate surface area is 203 Å². The molecule has 3 aromatic rings. The molecule has 1 aliphatic heterocycles. The molecular formula is C22H25BrClN5OS. The summed E-state index contributed by atoms with van der Waals surface area (Å²) in [6.45, 7) is 11.9. The Morgan fingerprint density at radius 1 is 1.23 bits per heavy atom. The maximum Gasteiger partial charge on any atom is 0.188 e. The molecule has 0 radical (unpaired) electrons. The maximum absolute atomic E-state index is 9.46. The van der Waals surface area contributed by atoms with Gasteiger partial charge in [-0.15, -0.1) is 22.6 Å². The molecule has 0 aliphatic carbocycles. The molecule has 4 rings (SSSR count). The van der Waals surface area contributed by atoms with Crippen molar-refractivity contribution in [2.75, 3.05) is 29.9 Å². The standard InChI is InChI=1S/C22H22BrN5O.ClH.H2S/c1-14-3-4-15(9-20(14)23)11-25-21-19-10-17(24-2)5-6-18(19)22(27-26-21)28-8-7-16(12-28)13-29;;/h3-6,9-10,16,29H,7-8,11-13H2,1H3,(H,25,26);1H;1H2/t16-;;/m0../s1. The van der Waals surface area contributed by atoms with E-state index in [0.717, 1.165) is 46.1 Å². The van der Waals surface area contributed by atoms with E-state index < -0.39 is 0 Å². The molecule has 9 heteroatoms. The number of hydrogen-bond donors (Lipinski definition) is 2. The summed E-state index contributed by atoms with van der Waals surface area (Å²) in [6.07, 6.45) is 0.947. The molecule has 0 bridgehead atoms. The Morgan fingerprint density at radius 3 is 2.71 bits per heavy atom. The minimum atomic E-state index is 0. The minimum absolute atomic E-state index is 0. The number of halogens is 2. The fraction of sp³-hybridized carbons (Fsp3) is 0.318. The second-order valence-electron chi connectivity index (χ2n) is 7.43. The van der Waals surface area contributed by atoms with Gasteiger partial charge >= 0.3 is 0 Å². The third-order valence-corrected chi connectivity index (χ3v) is 6.27. The van der Waals surface area contributed by atoms with Gasteiger partial charge in [0, 0.05) is 47.4 Å². The fourth-order valence-corrected chi connectivity index (χ4v) is 4.09. The number of benzene rings is 2. The first-order valence-corrected chi connectivity index (χ1v) is 10.4. The van der Waals surface area contributed by atoms with Crippen LogP contribution >= 0.6 is 41.8 Å². The van der Waals surface area contributed by atoms with Gasteiger partial charge in [0.2, 0.25) is 0 Å². The Bertz CT molecular complexity index is 1110. The number of hydrogen-bond acceptors (Lipinski definition) is 5. The molecule has 0 saturated carbocycles. The van der Waals surface area contributed by atoms with E-state index in [9.17, 15) is 5.11 Å². The molecule has 1 aromatic heterocycles. The monoisotopic (exact) mass is 521 g/mol. The highest BCUT2D eigenvalue weighted by molar-refractivity contribution is 9.10. The Kier molecular flexibility index (Phi) is 8.95. The van der Waals surface area contributed by atoms with Crippen molar-refractivity contribution in [3.05, 3.63) is 63.4 Å². The summed E-state index contributed by atoms with van der Waals surface area (Å²) >= 11 is 3.58. The van der Waals surface area contributed by atoms with Crippen molar-refractivity contribution >= 4 is 69.9 Å². The SMILES string of the molecule is Cl.S.[C-]#[N+]c1ccc2c(N3CC[C@H](CO)C3)nnc(NCc3ccc(C)c(Br)c3)c2c1. The van der Waals surface area contributed by atoms with Crippen LogP contribution in [0.25, 0.3) is 15.6 Å². The first kappa shape index (κ1) is 25.2. The molecule has 0 spiro atoms. The van der Waals surface area contributed by atoms with E-state index in [1.807, 2.05) is 18.2 Å². The molecule has 0 amide bonds. The highest BCUT2D eigenvalue weighted by Gasteiger charge is 2.25. The normalized spacial score (nSPS) is 15.2. The van der Waals surface area contributed by atoms with Crippen molar-refractivity contribution in [2.24, 2.45) is 5.92 Å². The topological polar surface area (TPSA) is 65.6 Å². The number of nitrogens with zero attached hydrogens (tertiary/aromatic N) is 4. The van der Waals surface area contributed by atoms with Gasteiger partial charge in [0.1, 0.15) is 0 Å². The highest BCUT2D eigenvalue weighted by Crippen LogP contribution is 2.34. The van der Waals surface area contributed by atoms with Crippen LogP contribution in [0, 0.1) is 19.4 Å². The fourth-order valence-electron chi connectivity index (χ4n) is 3.67. The van der Waals surface area contributed by atoms with Gasteiger partial charge in [-0.1, -0.05) is 40.2 Å². The third kappa shape index (κ3) is 5.42. The van der Waals surface area contributed by atoms with Gasteiger partial charge in [-0.2, -0.15) is 13.5 Å². The summed E-state index contributed by atoms with van der Waals surface area (Å²) in [7, 11) is 0. The first-order valence-electron chi connectivity index (χ1n) is 9.61. The predicted molar refractivity (Wildman–Crippen MR) is 137 cm³/mol. The van der Waals surface area contributed by atoms with Crippen LogP contribution in [0.1, 0.15) is 17.5 Å². The van der Waals surface area contributed by atoms with Gasteiger partial charge in [0.25, 0.3) is 0 Å². The Morgan fingerprint density at radius 2 is 2.03 bits per heavy atom. The van der Waals surface area contributed by atoms with Gasteiger partial charge in [-0.3, -0.25) is 0 Å². The largest absolute Gasteiger partial charge is 0.396 e. The molecule has 6 nitrogen and oxygen atoms in total. The molecular weight excluding hydrogens is 498 g/mol. The number of aliphatic hydroxyl groups is 1. The summed E-state index contributed by atoms with van der Waals surface area (Å²) in [6, 6.07) is 11.9. The van der Waals surface area contributed by atoms with Crippen LogP contribution in [-0.4, -0.2) is 35.0 Å². The summed E-state index contributed by atoms with van der Waals surface area (Å²) < 4.78 is 1.07. The van der Waals surface area contributed by atoms with Crippen LogP contribution in [0.3, 0.4) is 0 Å². The molecule has 0 unspecified atom stereocenters. The number of anilines is 2. The summed E-state index contributed by atoms with van der Waals surface area (Å²) in [5, 5.41) is 23.7. The van der Waals surface area contributed by atoms with Crippen molar-refractivity contribution in [2.45, 2.75) is 19.9 Å². The lowest BCUT2D eigenvalue weighted by molar-refractivity contribution is 0.238. The number of aryl methyl sites for hydroxylation is 1. The van der Waals surface area contributed by atoms with E-state index in [2.05, 4.69) is 66.3 Å². The maximum atomic E-state index is 9.46. The quantitative estimate of drug-likeness (QED) is 0.450. The van der Waals surface area contributed by atoms with Crippen molar-refractivity contribution in [1.82, 2.24) is 10.2 Å². The molecule has 1 saturated heterocycles. The van der Waals surface area contributed by atoms with Gasteiger partial charge < -0.3 is 15.3 Å². The van der Waals surface area contributed by atoms with E-state index in [1.165, 1.54) is 5.56 Å². The van der Waals surface area contributed by atoms with Gasteiger partial charge in [0.05, 0.1) is 6.57 Å². The molecule has 1 fully saturated rings. The zero-order valence-corrected chi connectivity index (χ0v) is 20.5. The molecule has 2 heterocycles. The van der Waals surface area contributed by atoms with Crippen LogP contribution in [0.2, 0.25) is 0 Å². The Hall–Kier alpha value is -2.05. The molecule has 1 atom stereocenters. The molecule has 31 heavy (non-hydrogen) atoms. The van der Waals surface area contributed by atoms with E-state index >= 15 is 0 Å². The van der Waals surface area contributed by atoms with Crippen molar-refractivity contribution in [1.29, 1.82) is 0 Å². The van der Waals surface area contributed by atoms with Crippen molar-refractivity contribution < 1.29 is 5.11 Å². The minimum Gasteiger partial charge on any atom is -0.396 e. The van der Waals surface area contributed by atoms with E-state index in [-0.39, 0.29) is 38.4 Å². The second-order valence-corrected chi connectivity index (χ2v) is 8.29. The molecule has 2 aromatic carbocycles. The van der Waals surface area contributed by atoms with Crippen molar-refractivity contribution in [3.63, 3.8) is 0 Å². The number of aliphatic hydroxyl groups excluding tert-OH is 1. The third-order valence-electron chi connectivity index (χ3n) is 5.41.